The van der Waals surface area contributed by atoms with Gasteiger partial charge in [0.2, 0.25) is 0 Å². The molecule has 0 aliphatic carbocycles. The number of thiazole rings is 1. The van der Waals surface area contributed by atoms with Crippen LogP contribution in [0.25, 0.3) is 0 Å². The Morgan fingerprint density at radius 3 is 2.76 bits per heavy atom. The highest BCUT2D eigenvalue weighted by Gasteiger charge is 2.12. The minimum atomic E-state index is 0.511. The molecule has 0 fully saturated rings. The van der Waals surface area contributed by atoms with Gasteiger partial charge in [-0.2, -0.15) is 0 Å². The Kier molecular flexibility index (Phi) is 4.35. The number of rotatable bonds is 4. The highest BCUT2D eigenvalue weighted by atomic mass is 79.9. The first kappa shape index (κ1) is 12.8. The molecule has 0 bridgehead atoms. The van der Waals surface area contributed by atoms with Crippen LogP contribution in [0, 0.1) is 13.8 Å². The topological polar surface area (TPSA) is 12.9 Å². The summed E-state index contributed by atoms with van der Waals surface area (Å²) >= 11 is 5.35. The molecule has 0 saturated heterocycles. The van der Waals surface area contributed by atoms with Crippen LogP contribution >= 0.6 is 27.3 Å². The fourth-order valence-corrected chi connectivity index (χ4v) is 3.17. The van der Waals surface area contributed by atoms with Gasteiger partial charge in [0.15, 0.2) is 0 Å². The van der Waals surface area contributed by atoms with E-state index in [0.29, 0.717) is 5.92 Å². The third-order valence-electron chi connectivity index (χ3n) is 2.82. The van der Waals surface area contributed by atoms with Gasteiger partial charge in [-0.15, -0.1) is 11.3 Å². The van der Waals surface area contributed by atoms with Gasteiger partial charge in [0.25, 0.3) is 0 Å². The maximum absolute atomic E-state index is 4.54. The molecule has 3 heteroatoms. The second-order valence-electron chi connectivity index (χ2n) is 4.33. The number of aryl methyl sites for hydroxylation is 2. The summed E-state index contributed by atoms with van der Waals surface area (Å²) in [6.45, 7) is 4.20. The Hall–Kier alpha value is -0.670. The Morgan fingerprint density at radius 2 is 2.18 bits per heavy atom. The van der Waals surface area contributed by atoms with Crippen LogP contribution in [0.1, 0.15) is 27.7 Å². The Morgan fingerprint density at radius 1 is 1.35 bits per heavy atom. The first-order valence-electron chi connectivity index (χ1n) is 5.72. The minimum Gasteiger partial charge on any atom is -0.247 e. The lowest BCUT2D eigenvalue weighted by molar-refractivity contribution is 0.758. The van der Waals surface area contributed by atoms with Gasteiger partial charge in [0, 0.05) is 10.7 Å². The summed E-state index contributed by atoms with van der Waals surface area (Å²) in [5.41, 5.74) is 3.92. The minimum absolute atomic E-state index is 0.511. The first-order valence-corrected chi connectivity index (χ1v) is 7.72. The molecule has 0 radical (unpaired) electrons. The molecule has 0 N–H and O–H groups in total. The van der Waals surface area contributed by atoms with Crippen molar-refractivity contribution in [1.29, 1.82) is 0 Å². The average Bonchev–Trinajstić information content (AvgIpc) is 2.72. The predicted molar refractivity (Wildman–Crippen MR) is 78.3 cm³/mol. The van der Waals surface area contributed by atoms with E-state index in [4.69, 9.17) is 0 Å². The zero-order valence-electron chi connectivity index (χ0n) is 10.1. The number of aromatic nitrogens is 1. The van der Waals surface area contributed by atoms with Crippen molar-refractivity contribution in [3.8, 4) is 0 Å². The standard InChI is InChI=1S/C14H16BrNS/c1-10-4-3-5-12(6-10)13(8-15)7-14-9-17-11(2)16-14/h3-6,9,13H,7-8H2,1-2H3. The largest absolute Gasteiger partial charge is 0.247 e. The van der Waals surface area contributed by atoms with E-state index in [9.17, 15) is 0 Å². The van der Waals surface area contributed by atoms with Crippen LogP contribution < -0.4 is 0 Å². The smallest absolute Gasteiger partial charge is 0.0897 e. The molecule has 0 aliphatic heterocycles. The molecule has 2 rings (SSSR count). The highest BCUT2D eigenvalue weighted by Crippen LogP contribution is 2.24. The summed E-state index contributed by atoms with van der Waals surface area (Å²) in [7, 11) is 0. The maximum Gasteiger partial charge on any atom is 0.0897 e. The van der Waals surface area contributed by atoms with Crippen LogP contribution in [0.5, 0.6) is 0 Å². The van der Waals surface area contributed by atoms with Crippen LogP contribution in [-0.4, -0.2) is 10.3 Å². The Balaban J connectivity index is 2.16. The molecular weight excluding hydrogens is 294 g/mol. The highest BCUT2D eigenvalue weighted by molar-refractivity contribution is 9.09. The number of nitrogens with zero attached hydrogens (tertiary/aromatic N) is 1. The number of hydrogen-bond donors (Lipinski definition) is 0. The normalized spacial score (nSPS) is 12.6. The van der Waals surface area contributed by atoms with Gasteiger partial charge in [-0.3, -0.25) is 0 Å². The summed E-state index contributed by atoms with van der Waals surface area (Å²) in [6, 6.07) is 8.75. The molecule has 1 nitrogen and oxygen atoms in total. The lowest BCUT2D eigenvalue weighted by Gasteiger charge is -2.13. The molecular formula is C14H16BrNS. The van der Waals surface area contributed by atoms with Crippen LogP contribution in [0.2, 0.25) is 0 Å². The van der Waals surface area contributed by atoms with Crippen LogP contribution in [0.15, 0.2) is 29.6 Å². The van der Waals surface area contributed by atoms with Gasteiger partial charge < -0.3 is 0 Å². The van der Waals surface area contributed by atoms with E-state index >= 15 is 0 Å². The number of alkyl halides is 1. The van der Waals surface area contributed by atoms with Crippen molar-refractivity contribution in [3.63, 3.8) is 0 Å². The summed E-state index contributed by atoms with van der Waals surface area (Å²) in [5.74, 6) is 0.511. The molecule has 0 aliphatic rings. The Bertz CT molecular complexity index is 492. The van der Waals surface area contributed by atoms with Gasteiger partial charge in [0.1, 0.15) is 0 Å². The molecule has 1 heterocycles. The molecule has 1 aromatic heterocycles. The van der Waals surface area contributed by atoms with E-state index in [1.54, 1.807) is 11.3 Å². The molecule has 2 aromatic rings. The van der Waals surface area contributed by atoms with Crippen molar-refractivity contribution in [2.75, 3.05) is 5.33 Å². The molecule has 0 amide bonds. The van der Waals surface area contributed by atoms with Gasteiger partial charge >= 0.3 is 0 Å². The lowest BCUT2D eigenvalue weighted by Crippen LogP contribution is -2.05. The third-order valence-corrected chi connectivity index (χ3v) is 4.43. The Labute approximate surface area is 115 Å². The zero-order chi connectivity index (χ0) is 12.3. The second-order valence-corrected chi connectivity index (χ2v) is 6.04. The molecule has 1 aromatic carbocycles. The van der Waals surface area contributed by atoms with Crippen molar-refractivity contribution in [3.05, 3.63) is 51.5 Å². The van der Waals surface area contributed by atoms with Crippen LogP contribution in [-0.2, 0) is 6.42 Å². The van der Waals surface area contributed by atoms with Crippen molar-refractivity contribution < 1.29 is 0 Å². The molecule has 1 unspecified atom stereocenters. The van der Waals surface area contributed by atoms with E-state index in [-0.39, 0.29) is 0 Å². The average molecular weight is 310 g/mol. The lowest BCUT2D eigenvalue weighted by atomic mass is 9.95. The van der Waals surface area contributed by atoms with Crippen molar-refractivity contribution in [2.45, 2.75) is 26.2 Å². The van der Waals surface area contributed by atoms with Gasteiger partial charge in [-0.1, -0.05) is 45.8 Å². The number of hydrogen-bond acceptors (Lipinski definition) is 2. The van der Waals surface area contributed by atoms with E-state index in [1.807, 2.05) is 0 Å². The summed E-state index contributed by atoms with van der Waals surface area (Å²) in [5, 5.41) is 4.30. The number of benzene rings is 1. The van der Waals surface area contributed by atoms with E-state index in [0.717, 1.165) is 16.8 Å². The summed E-state index contributed by atoms with van der Waals surface area (Å²) < 4.78 is 0. The van der Waals surface area contributed by atoms with E-state index < -0.39 is 0 Å². The van der Waals surface area contributed by atoms with Gasteiger partial charge in [-0.05, 0) is 31.7 Å². The molecule has 0 spiro atoms. The van der Waals surface area contributed by atoms with Crippen LogP contribution in [0.3, 0.4) is 0 Å². The molecule has 0 saturated carbocycles. The molecule has 1 atom stereocenters. The molecule has 90 valence electrons. The first-order chi connectivity index (χ1) is 8.19. The van der Waals surface area contributed by atoms with Gasteiger partial charge in [0.05, 0.1) is 10.7 Å². The summed E-state index contributed by atoms with van der Waals surface area (Å²) in [4.78, 5) is 4.54. The third kappa shape index (κ3) is 3.39. The maximum atomic E-state index is 4.54. The van der Waals surface area contributed by atoms with Crippen LogP contribution in [0.4, 0.5) is 0 Å². The van der Waals surface area contributed by atoms with Crippen molar-refractivity contribution in [1.82, 2.24) is 4.98 Å². The van der Waals surface area contributed by atoms with E-state index in [2.05, 4.69) is 64.4 Å². The fraction of sp³-hybridized carbons (Fsp3) is 0.357. The SMILES string of the molecule is Cc1cccc(C(CBr)Cc2csc(C)n2)c1. The number of halogens is 1. The zero-order valence-corrected chi connectivity index (χ0v) is 12.5. The van der Waals surface area contributed by atoms with E-state index in [1.165, 1.54) is 16.8 Å². The quantitative estimate of drug-likeness (QED) is 0.759. The fourth-order valence-electron chi connectivity index (χ4n) is 1.94. The van der Waals surface area contributed by atoms with Crippen molar-refractivity contribution >= 4 is 27.3 Å². The monoisotopic (exact) mass is 309 g/mol. The summed E-state index contributed by atoms with van der Waals surface area (Å²) in [6.07, 6.45) is 1.01. The second kappa shape index (κ2) is 5.78. The van der Waals surface area contributed by atoms with Gasteiger partial charge in [-0.25, -0.2) is 4.98 Å². The van der Waals surface area contributed by atoms with Crippen molar-refractivity contribution in [2.24, 2.45) is 0 Å². The molecule has 17 heavy (non-hydrogen) atoms. The predicted octanol–water partition coefficient (Wildman–Crippen LogP) is 4.48.